The van der Waals surface area contributed by atoms with Crippen molar-refractivity contribution in [3.05, 3.63) is 85.6 Å². The summed E-state index contributed by atoms with van der Waals surface area (Å²) in [6, 6.07) is 7.61. The smallest absolute Gasteiger partial charge is 0.0857 e. The SMILES string of the molecule is C=CC(=C)/C=C\C(=C)N=Nc1ccc(C=C)cc1. The fraction of sp³-hybridized carbons (Fsp3) is 0. The van der Waals surface area contributed by atoms with Crippen LogP contribution in [-0.4, -0.2) is 0 Å². The van der Waals surface area contributed by atoms with Gasteiger partial charge in [0.1, 0.15) is 0 Å². The molecule has 0 aliphatic rings. The third-order valence-corrected chi connectivity index (χ3v) is 2.17. The van der Waals surface area contributed by atoms with Crippen LogP contribution in [0.25, 0.3) is 6.08 Å². The van der Waals surface area contributed by atoms with Gasteiger partial charge in [0.05, 0.1) is 11.4 Å². The van der Waals surface area contributed by atoms with Gasteiger partial charge in [-0.1, -0.05) is 56.7 Å². The molecule has 18 heavy (non-hydrogen) atoms. The molecule has 2 nitrogen and oxygen atoms in total. The Morgan fingerprint density at radius 2 is 1.67 bits per heavy atom. The van der Waals surface area contributed by atoms with E-state index in [4.69, 9.17) is 0 Å². The van der Waals surface area contributed by atoms with Gasteiger partial charge in [-0.3, -0.25) is 0 Å². The molecule has 0 aliphatic heterocycles. The predicted molar refractivity (Wildman–Crippen MR) is 78.7 cm³/mol. The van der Waals surface area contributed by atoms with E-state index in [0.717, 1.165) is 16.8 Å². The van der Waals surface area contributed by atoms with E-state index in [-0.39, 0.29) is 0 Å². The second kappa shape index (κ2) is 6.97. The van der Waals surface area contributed by atoms with Crippen molar-refractivity contribution in [2.45, 2.75) is 0 Å². The van der Waals surface area contributed by atoms with Crippen LogP contribution in [0.1, 0.15) is 5.56 Å². The highest BCUT2D eigenvalue weighted by molar-refractivity contribution is 5.51. The Morgan fingerprint density at radius 3 is 2.22 bits per heavy atom. The Balaban J connectivity index is 2.65. The van der Waals surface area contributed by atoms with Gasteiger partial charge in [0.25, 0.3) is 0 Å². The van der Waals surface area contributed by atoms with Gasteiger partial charge in [-0.05, 0) is 29.3 Å². The second-order valence-corrected chi connectivity index (χ2v) is 3.60. The molecule has 0 bridgehead atoms. The fourth-order valence-electron chi connectivity index (χ4n) is 1.10. The number of allylic oxidation sites excluding steroid dienone is 4. The van der Waals surface area contributed by atoms with Crippen molar-refractivity contribution in [1.29, 1.82) is 0 Å². The topological polar surface area (TPSA) is 24.7 Å². The zero-order valence-electron chi connectivity index (χ0n) is 10.3. The zero-order chi connectivity index (χ0) is 13.4. The first kappa shape index (κ1) is 13.6. The average molecular weight is 236 g/mol. The van der Waals surface area contributed by atoms with Crippen molar-refractivity contribution in [2.24, 2.45) is 10.2 Å². The number of nitrogens with zero attached hydrogens (tertiary/aromatic N) is 2. The maximum absolute atomic E-state index is 4.07. The van der Waals surface area contributed by atoms with Crippen LogP contribution in [0.15, 0.2) is 90.3 Å². The molecule has 1 aromatic rings. The third-order valence-electron chi connectivity index (χ3n) is 2.17. The second-order valence-electron chi connectivity index (χ2n) is 3.60. The minimum absolute atomic E-state index is 0.561. The van der Waals surface area contributed by atoms with Crippen LogP contribution in [0.4, 0.5) is 5.69 Å². The molecule has 0 radical (unpaired) electrons. The Morgan fingerprint density at radius 1 is 1.00 bits per heavy atom. The van der Waals surface area contributed by atoms with Gasteiger partial charge in [-0.15, -0.1) is 0 Å². The number of hydrogen-bond acceptors (Lipinski definition) is 2. The largest absolute Gasteiger partial charge is 0.151 e. The Labute approximate surface area is 108 Å². The lowest BCUT2D eigenvalue weighted by Crippen LogP contribution is -1.71. The molecule has 0 spiro atoms. The van der Waals surface area contributed by atoms with E-state index < -0.39 is 0 Å². The monoisotopic (exact) mass is 236 g/mol. The summed E-state index contributed by atoms with van der Waals surface area (Å²) in [5, 5.41) is 8.07. The van der Waals surface area contributed by atoms with Gasteiger partial charge in [0, 0.05) is 0 Å². The molecule has 0 atom stereocenters. The van der Waals surface area contributed by atoms with E-state index in [2.05, 4.69) is 36.5 Å². The van der Waals surface area contributed by atoms with Gasteiger partial charge in [0.15, 0.2) is 0 Å². The molecule has 0 aromatic heterocycles. The van der Waals surface area contributed by atoms with Gasteiger partial charge >= 0.3 is 0 Å². The van der Waals surface area contributed by atoms with E-state index in [1.165, 1.54) is 0 Å². The van der Waals surface area contributed by atoms with Crippen molar-refractivity contribution >= 4 is 11.8 Å². The molecule has 0 aliphatic carbocycles. The van der Waals surface area contributed by atoms with Crippen LogP contribution in [-0.2, 0) is 0 Å². The first-order valence-electron chi connectivity index (χ1n) is 5.48. The molecule has 0 saturated heterocycles. The molecule has 2 heteroatoms. The van der Waals surface area contributed by atoms with Crippen LogP contribution in [0, 0.1) is 0 Å². The van der Waals surface area contributed by atoms with E-state index in [1.807, 2.05) is 24.3 Å². The van der Waals surface area contributed by atoms with Crippen LogP contribution < -0.4 is 0 Å². The first-order valence-corrected chi connectivity index (χ1v) is 5.48. The molecule has 0 N–H and O–H groups in total. The summed E-state index contributed by atoms with van der Waals surface area (Å²) in [5.41, 5.74) is 3.19. The fourth-order valence-corrected chi connectivity index (χ4v) is 1.10. The Kier molecular flexibility index (Phi) is 5.26. The van der Waals surface area contributed by atoms with Crippen molar-refractivity contribution < 1.29 is 0 Å². The molecule has 0 saturated carbocycles. The molecular weight excluding hydrogens is 220 g/mol. The Bertz CT molecular complexity index is 517. The third kappa shape index (κ3) is 4.58. The minimum Gasteiger partial charge on any atom is -0.151 e. The van der Waals surface area contributed by atoms with Gasteiger partial charge in [-0.25, -0.2) is 0 Å². The quantitative estimate of drug-likeness (QED) is 0.477. The normalized spacial score (nSPS) is 10.7. The summed E-state index contributed by atoms with van der Waals surface area (Å²) in [6.45, 7) is 14.8. The lowest BCUT2D eigenvalue weighted by atomic mass is 10.2. The highest BCUT2D eigenvalue weighted by Gasteiger charge is 1.90. The molecule has 0 unspecified atom stereocenters. The summed E-state index contributed by atoms with van der Waals surface area (Å²) in [5.74, 6) is 0. The molecular formula is C16H16N2. The maximum atomic E-state index is 4.07. The number of hydrogen-bond donors (Lipinski definition) is 0. The van der Waals surface area contributed by atoms with Crippen LogP contribution in [0.5, 0.6) is 0 Å². The van der Waals surface area contributed by atoms with E-state index in [1.54, 1.807) is 24.3 Å². The summed E-state index contributed by atoms with van der Waals surface area (Å²) in [6.07, 6.45) is 6.97. The maximum Gasteiger partial charge on any atom is 0.0857 e. The predicted octanol–water partition coefficient (Wildman–Crippen LogP) is 5.23. The molecule has 0 amide bonds. The van der Waals surface area contributed by atoms with Crippen molar-refractivity contribution in [3.63, 3.8) is 0 Å². The number of azo groups is 1. The zero-order valence-corrected chi connectivity index (χ0v) is 10.3. The minimum atomic E-state index is 0.561. The van der Waals surface area contributed by atoms with E-state index in [0.29, 0.717) is 5.70 Å². The van der Waals surface area contributed by atoms with E-state index in [9.17, 15) is 0 Å². The van der Waals surface area contributed by atoms with Crippen LogP contribution in [0.3, 0.4) is 0 Å². The first-order chi connectivity index (χ1) is 8.65. The lowest BCUT2D eigenvalue weighted by molar-refractivity contribution is 1.18. The van der Waals surface area contributed by atoms with Crippen molar-refractivity contribution in [1.82, 2.24) is 0 Å². The highest BCUT2D eigenvalue weighted by atomic mass is 15.1. The van der Waals surface area contributed by atoms with Gasteiger partial charge in [-0.2, -0.15) is 10.2 Å². The van der Waals surface area contributed by atoms with Crippen molar-refractivity contribution in [3.8, 4) is 0 Å². The molecule has 1 rings (SSSR count). The summed E-state index contributed by atoms with van der Waals surface area (Å²) in [7, 11) is 0. The Hall–Kier alpha value is -2.48. The number of benzene rings is 1. The van der Waals surface area contributed by atoms with Crippen molar-refractivity contribution in [2.75, 3.05) is 0 Å². The number of rotatable bonds is 6. The molecule has 0 heterocycles. The molecule has 90 valence electrons. The van der Waals surface area contributed by atoms with Gasteiger partial charge in [0.2, 0.25) is 0 Å². The standard InChI is InChI=1S/C16H16N2/c1-5-13(3)7-8-14(4)17-18-16-11-9-15(6-2)10-12-16/h5-12H,1-4H2/b8-7-,18-17?. The summed E-state index contributed by atoms with van der Waals surface area (Å²) in [4.78, 5) is 0. The molecule has 0 fully saturated rings. The van der Waals surface area contributed by atoms with Crippen LogP contribution in [0.2, 0.25) is 0 Å². The average Bonchev–Trinajstić information content (AvgIpc) is 2.42. The summed E-state index contributed by atoms with van der Waals surface area (Å²) >= 11 is 0. The van der Waals surface area contributed by atoms with Gasteiger partial charge < -0.3 is 0 Å². The summed E-state index contributed by atoms with van der Waals surface area (Å²) < 4.78 is 0. The highest BCUT2D eigenvalue weighted by Crippen LogP contribution is 2.15. The van der Waals surface area contributed by atoms with Crippen LogP contribution >= 0.6 is 0 Å². The molecule has 1 aromatic carbocycles. The van der Waals surface area contributed by atoms with E-state index >= 15 is 0 Å². The lowest BCUT2D eigenvalue weighted by Gasteiger charge is -1.94.